The average molecular weight is 203 g/mol. The topological polar surface area (TPSA) is 69.6 Å². The largest absolute Gasteiger partial charge is 0.330 e. The normalized spacial score (nSPS) is 10.5. The molecule has 5 nitrogen and oxygen atoms in total. The molecule has 78 valence electrons. The van der Waals surface area contributed by atoms with Crippen molar-refractivity contribution in [3.8, 4) is 11.5 Å². The Balaban J connectivity index is 2.34. The Labute approximate surface area is 88.0 Å². The molecule has 0 spiro atoms. The highest BCUT2D eigenvalue weighted by molar-refractivity contribution is 5.47. The van der Waals surface area contributed by atoms with Gasteiger partial charge in [-0.05, 0) is 18.7 Å². The van der Waals surface area contributed by atoms with Crippen LogP contribution in [0.3, 0.4) is 0 Å². The van der Waals surface area contributed by atoms with Gasteiger partial charge in [0.2, 0.25) is 0 Å². The molecule has 2 N–H and O–H groups in total. The molecule has 0 aliphatic heterocycles. The first kappa shape index (κ1) is 9.79. The van der Waals surface area contributed by atoms with Gasteiger partial charge in [0.25, 0.3) is 0 Å². The van der Waals surface area contributed by atoms with Crippen LogP contribution in [0.25, 0.3) is 11.5 Å². The smallest absolute Gasteiger partial charge is 0.199 e. The summed E-state index contributed by atoms with van der Waals surface area (Å²) in [6.07, 6.45) is 2.46. The lowest BCUT2D eigenvalue weighted by Gasteiger charge is -1.93. The third-order valence-electron chi connectivity index (χ3n) is 2.12. The van der Waals surface area contributed by atoms with Crippen molar-refractivity contribution >= 4 is 0 Å². The number of nitrogens with two attached hydrogens (primary N) is 1. The van der Waals surface area contributed by atoms with E-state index in [0.717, 1.165) is 17.9 Å². The van der Waals surface area contributed by atoms with Gasteiger partial charge in [-0.1, -0.05) is 6.07 Å². The highest BCUT2D eigenvalue weighted by atomic mass is 15.3. The molecule has 0 saturated heterocycles. The molecule has 2 aromatic rings. The summed E-state index contributed by atoms with van der Waals surface area (Å²) in [6.45, 7) is 0.578. The second kappa shape index (κ2) is 4.18. The highest BCUT2D eigenvalue weighted by Gasteiger charge is 2.08. The van der Waals surface area contributed by atoms with Crippen LogP contribution >= 0.6 is 0 Å². The lowest BCUT2D eigenvalue weighted by atomic mass is 10.3. The SMILES string of the molecule is Cn1nc(-c2ccccn2)nc1CCN. The zero-order chi connectivity index (χ0) is 10.7. The summed E-state index contributed by atoms with van der Waals surface area (Å²) in [4.78, 5) is 8.57. The van der Waals surface area contributed by atoms with Crippen molar-refractivity contribution in [1.29, 1.82) is 0 Å². The minimum absolute atomic E-state index is 0.578. The summed E-state index contributed by atoms with van der Waals surface area (Å²) in [5.74, 6) is 1.54. The Morgan fingerprint density at radius 1 is 1.40 bits per heavy atom. The van der Waals surface area contributed by atoms with E-state index in [2.05, 4.69) is 15.1 Å². The number of hydrogen-bond acceptors (Lipinski definition) is 4. The van der Waals surface area contributed by atoms with Crippen LogP contribution in [0.2, 0.25) is 0 Å². The van der Waals surface area contributed by atoms with E-state index in [1.54, 1.807) is 10.9 Å². The highest BCUT2D eigenvalue weighted by Crippen LogP contribution is 2.11. The summed E-state index contributed by atoms with van der Waals surface area (Å²) in [5.41, 5.74) is 6.27. The minimum Gasteiger partial charge on any atom is -0.330 e. The summed E-state index contributed by atoms with van der Waals surface area (Å²) >= 11 is 0. The van der Waals surface area contributed by atoms with Crippen LogP contribution in [0.1, 0.15) is 5.82 Å². The molecule has 2 rings (SSSR count). The number of nitrogens with zero attached hydrogens (tertiary/aromatic N) is 4. The van der Waals surface area contributed by atoms with Crippen LogP contribution in [0.4, 0.5) is 0 Å². The Morgan fingerprint density at radius 3 is 2.93 bits per heavy atom. The van der Waals surface area contributed by atoms with Gasteiger partial charge < -0.3 is 5.73 Å². The molecule has 0 radical (unpaired) electrons. The monoisotopic (exact) mass is 203 g/mol. The van der Waals surface area contributed by atoms with Crippen molar-refractivity contribution in [2.75, 3.05) is 6.54 Å². The van der Waals surface area contributed by atoms with E-state index in [4.69, 9.17) is 5.73 Å². The maximum Gasteiger partial charge on any atom is 0.199 e. The van der Waals surface area contributed by atoms with E-state index >= 15 is 0 Å². The van der Waals surface area contributed by atoms with Gasteiger partial charge in [-0.25, -0.2) is 4.98 Å². The lowest BCUT2D eigenvalue weighted by molar-refractivity contribution is 0.697. The molecule has 0 aliphatic carbocycles. The Morgan fingerprint density at radius 2 is 2.27 bits per heavy atom. The van der Waals surface area contributed by atoms with Crippen molar-refractivity contribution < 1.29 is 0 Å². The maximum atomic E-state index is 5.48. The molecular formula is C10H13N5. The van der Waals surface area contributed by atoms with Crippen LogP contribution < -0.4 is 5.73 Å². The van der Waals surface area contributed by atoms with Crippen molar-refractivity contribution in [2.24, 2.45) is 12.8 Å². The van der Waals surface area contributed by atoms with Crippen LogP contribution in [0.5, 0.6) is 0 Å². The van der Waals surface area contributed by atoms with E-state index in [1.807, 2.05) is 25.2 Å². The van der Waals surface area contributed by atoms with Crippen molar-refractivity contribution in [3.05, 3.63) is 30.2 Å². The molecule has 2 aromatic heterocycles. The molecule has 0 bridgehead atoms. The number of aromatic nitrogens is 4. The maximum absolute atomic E-state index is 5.48. The second-order valence-corrected chi connectivity index (χ2v) is 3.23. The van der Waals surface area contributed by atoms with E-state index < -0.39 is 0 Å². The summed E-state index contributed by atoms with van der Waals surface area (Å²) in [7, 11) is 1.87. The first-order valence-electron chi connectivity index (χ1n) is 4.82. The standard InChI is InChI=1S/C10H13N5/c1-15-9(5-6-11)13-10(14-15)8-4-2-3-7-12-8/h2-4,7H,5-6,11H2,1H3. The molecule has 0 aromatic carbocycles. The summed E-state index contributed by atoms with van der Waals surface area (Å²) in [5, 5.41) is 4.29. The van der Waals surface area contributed by atoms with Gasteiger partial charge in [0.05, 0.1) is 0 Å². The first-order valence-corrected chi connectivity index (χ1v) is 4.82. The van der Waals surface area contributed by atoms with Gasteiger partial charge in [-0.3, -0.25) is 9.67 Å². The molecular weight excluding hydrogens is 190 g/mol. The summed E-state index contributed by atoms with van der Waals surface area (Å²) < 4.78 is 1.75. The van der Waals surface area contributed by atoms with Crippen molar-refractivity contribution in [2.45, 2.75) is 6.42 Å². The number of pyridine rings is 1. The Bertz CT molecular complexity index is 434. The minimum atomic E-state index is 0.578. The fourth-order valence-corrected chi connectivity index (χ4v) is 1.37. The first-order chi connectivity index (χ1) is 7.31. The molecule has 0 aliphatic rings. The predicted molar refractivity (Wildman–Crippen MR) is 57.0 cm³/mol. The van der Waals surface area contributed by atoms with Gasteiger partial charge in [-0.15, -0.1) is 5.10 Å². The van der Waals surface area contributed by atoms with Crippen LogP contribution in [-0.2, 0) is 13.5 Å². The molecule has 0 atom stereocenters. The Hall–Kier alpha value is -1.75. The van der Waals surface area contributed by atoms with Gasteiger partial charge >= 0.3 is 0 Å². The molecule has 2 heterocycles. The molecule has 0 amide bonds. The molecule has 0 unspecified atom stereocenters. The van der Waals surface area contributed by atoms with Crippen LogP contribution in [-0.4, -0.2) is 26.3 Å². The Kier molecular flexibility index (Phi) is 2.73. The zero-order valence-corrected chi connectivity index (χ0v) is 8.59. The molecule has 5 heteroatoms. The van der Waals surface area contributed by atoms with Crippen molar-refractivity contribution in [1.82, 2.24) is 19.7 Å². The molecule has 15 heavy (non-hydrogen) atoms. The van der Waals surface area contributed by atoms with Gasteiger partial charge in [-0.2, -0.15) is 0 Å². The second-order valence-electron chi connectivity index (χ2n) is 3.23. The fourth-order valence-electron chi connectivity index (χ4n) is 1.37. The zero-order valence-electron chi connectivity index (χ0n) is 8.59. The predicted octanol–water partition coefficient (Wildman–Crippen LogP) is 0.378. The molecule has 0 saturated carbocycles. The van der Waals surface area contributed by atoms with Gasteiger partial charge in [0, 0.05) is 19.7 Å². The molecule has 0 fully saturated rings. The average Bonchev–Trinajstić information content (AvgIpc) is 2.63. The lowest BCUT2D eigenvalue weighted by Crippen LogP contribution is -2.08. The van der Waals surface area contributed by atoms with Gasteiger partial charge in [0.1, 0.15) is 11.5 Å². The summed E-state index contributed by atoms with van der Waals surface area (Å²) in [6, 6.07) is 5.68. The van der Waals surface area contributed by atoms with Crippen molar-refractivity contribution in [3.63, 3.8) is 0 Å². The van der Waals surface area contributed by atoms with Crippen LogP contribution in [0, 0.1) is 0 Å². The number of aryl methyl sites for hydroxylation is 1. The fraction of sp³-hybridized carbons (Fsp3) is 0.300. The van der Waals surface area contributed by atoms with E-state index in [1.165, 1.54) is 0 Å². The van der Waals surface area contributed by atoms with E-state index in [-0.39, 0.29) is 0 Å². The van der Waals surface area contributed by atoms with Gasteiger partial charge in [0.15, 0.2) is 5.82 Å². The third kappa shape index (κ3) is 2.02. The van der Waals surface area contributed by atoms with Crippen LogP contribution in [0.15, 0.2) is 24.4 Å². The van der Waals surface area contributed by atoms with E-state index in [0.29, 0.717) is 12.4 Å². The number of hydrogen-bond donors (Lipinski definition) is 1. The number of rotatable bonds is 3. The van der Waals surface area contributed by atoms with E-state index in [9.17, 15) is 0 Å². The quantitative estimate of drug-likeness (QED) is 0.782. The third-order valence-corrected chi connectivity index (χ3v) is 2.12.